The number of aldehydes is 1. The molecule has 0 N–H and O–H groups in total. The molecule has 0 aromatic heterocycles. The molecule has 32 heavy (non-hydrogen) atoms. The molecule has 0 radical (unpaired) electrons. The molecule has 1 nitrogen and oxygen atoms in total. The number of hydrogen-bond donors (Lipinski definition) is 0. The third-order valence-electron chi connectivity index (χ3n) is 6.72. The molecule has 0 unspecified atom stereocenters. The summed E-state index contributed by atoms with van der Waals surface area (Å²) < 4.78 is 28.8. The molecule has 0 atom stereocenters. The molecule has 0 bridgehead atoms. The van der Waals surface area contributed by atoms with Crippen molar-refractivity contribution in [2.45, 2.75) is 77.6 Å². The van der Waals surface area contributed by atoms with Crippen LogP contribution >= 0.6 is 0 Å². The maximum atomic E-state index is 14.6. The van der Waals surface area contributed by atoms with Gasteiger partial charge in [-0.3, -0.25) is 0 Å². The zero-order valence-corrected chi connectivity index (χ0v) is 19.1. The topological polar surface area (TPSA) is 17.1 Å². The molecule has 0 amide bonds. The van der Waals surface area contributed by atoms with Crippen LogP contribution in [0.15, 0.2) is 36.4 Å². The van der Waals surface area contributed by atoms with Crippen LogP contribution in [0.3, 0.4) is 0 Å². The van der Waals surface area contributed by atoms with Gasteiger partial charge in [0.15, 0.2) is 0 Å². The van der Waals surface area contributed by atoms with Crippen LogP contribution in [0.5, 0.6) is 0 Å². The predicted octanol–water partition coefficient (Wildman–Crippen LogP) is 7.43. The molecule has 170 valence electrons. The Morgan fingerprint density at radius 2 is 1.38 bits per heavy atom. The standard InChI is InChI=1S/C29H34F2O/c1-2-3-5-22-7-9-23(10-8-22)11-12-25-14-16-27(29(31)21-25)18-17-26-15-13-24(6-4-19-32)20-28(26)30/h13-16,19-23H,2-12H2,1H3. The minimum atomic E-state index is -0.442. The monoisotopic (exact) mass is 436 g/mol. The molecule has 0 saturated heterocycles. The number of aryl methyl sites for hydroxylation is 2. The van der Waals surface area contributed by atoms with Crippen LogP contribution in [0.4, 0.5) is 8.78 Å². The average molecular weight is 437 g/mol. The largest absolute Gasteiger partial charge is 0.303 e. The average Bonchev–Trinajstić information content (AvgIpc) is 2.81. The second-order valence-corrected chi connectivity index (χ2v) is 9.15. The summed E-state index contributed by atoms with van der Waals surface area (Å²) in [4.78, 5) is 10.5. The van der Waals surface area contributed by atoms with Crippen molar-refractivity contribution in [3.8, 4) is 11.8 Å². The van der Waals surface area contributed by atoms with E-state index in [4.69, 9.17) is 0 Å². The molecule has 0 heterocycles. The highest BCUT2D eigenvalue weighted by molar-refractivity contribution is 5.50. The summed E-state index contributed by atoms with van der Waals surface area (Å²) in [5.74, 6) is 6.39. The Hall–Kier alpha value is -2.47. The quantitative estimate of drug-likeness (QED) is 0.295. The van der Waals surface area contributed by atoms with E-state index in [1.165, 1.54) is 51.0 Å². The fraction of sp³-hybridized carbons (Fsp3) is 0.483. The Labute approximate surface area is 191 Å². The zero-order valence-electron chi connectivity index (χ0n) is 19.1. The van der Waals surface area contributed by atoms with E-state index in [0.29, 0.717) is 12.8 Å². The third kappa shape index (κ3) is 7.30. The SMILES string of the molecule is CCCCC1CCC(CCc2ccc(C#Cc3ccc(CCC=O)cc3F)c(F)c2)CC1. The molecule has 0 spiro atoms. The Kier molecular flexibility index (Phi) is 9.47. The molecule has 1 fully saturated rings. The molecule has 1 aliphatic carbocycles. The lowest BCUT2D eigenvalue weighted by molar-refractivity contribution is -0.107. The number of unbranched alkanes of at least 4 members (excludes halogenated alkanes) is 1. The van der Waals surface area contributed by atoms with Crippen LogP contribution in [0.1, 0.15) is 87.0 Å². The fourth-order valence-corrected chi connectivity index (χ4v) is 4.66. The van der Waals surface area contributed by atoms with Gasteiger partial charge >= 0.3 is 0 Å². The summed E-state index contributed by atoms with van der Waals surface area (Å²) in [6.07, 6.45) is 13.0. The lowest BCUT2D eigenvalue weighted by Gasteiger charge is -2.28. The summed E-state index contributed by atoms with van der Waals surface area (Å²) in [5, 5.41) is 0. The Balaban J connectivity index is 1.53. The molecule has 3 heteroatoms. The minimum absolute atomic E-state index is 0.234. The van der Waals surface area contributed by atoms with E-state index in [1.807, 2.05) is 6.07 Å². The Morgan fingerprint density at radius 3 is 1.88 bits per heavy atom. The van der Waals surface area contributed by atoms with E-state index in [1.54, 1.807) is 24.3 Å². The highest BCUT2D eigenvalue weighted by Gasteiger charge is 2.20. The zero-order chi connectivity index (χ0) is 22.8. The first-order valence-corrected chi connectivity index (χ1v) is 12.1. The van der Waals surface area contributed by atoms with Crippen molar-refractivity contribution in [1.29, 1.82) is 0 Å². The second kappa shape index (κ2) is 12.5. The van der Waals surface area contributed by atoms with Gasteiger partial charge < -0.3 is 4.79 Å². The van der Waals surface area contributed by atoms with Gasteiger partial charge in [-0.25, -0.2) is 8.78 Å². The van der Waals surface area contributed by atoms with E-state index >= 15 is 0 Å². The van der Waals surface area contributed by atoms with E-state index in [2.05, 4.69) is 18.8 Å². The lowest BCUT2D eigenvalue weighted by atomic mass is 9.78. The molecule has 2 aromatic carbocycles. The van der Waals surface area contributed by atoms with Crippen LogP contribution in [0.2, 0.25) is 0 Å². The summed E-state index contributed by atoms with van der Waals surface area (Å²) in [5.41, 5.74) is 2.28. The molecule has 3 rings (SSSR count). The van der Waals surface area contributed by atoms with Gasteiger partial charge in [-0.05, 0) is 66.5 Å². The fourth-order valence-electron chi connectivity index (χ4n) is 4.66. The smallest absolute Gasteiger partial charge is 0.139 e. The van der Waals surface area contributed by atoms with Gasteiger partial charge in [-0.15, -0.1) is 0 Å². The summed E-state index contributed by atoms with van der Waals surface area (Å²) in [7, 11) is 0. The van der Waals surface area contributed by atoms with Gasteiger partial charge in [0.1, 0.15) is 17.9 Å². The lowest BCUT2D eigenvalue weighted by Crippen LogP contribution is -2.15. The number of halogens is 2. The van der Waals surface area contributed by atoms with Crippen molar-refractivity contribution in [3.05, 3.63) is 70.3 Å². The van der Waals surface area contributed by atoms with Crippen LogP contribution < -0.4 is 0 Å². The van der Waals surface area contributed by atoms with Crippen molar-refractivity contribution in [2.75, 3.05) is 0 Å². The van der Waals surface area contributed by atoms with Crippen LogP contribution in [0.25, 0.3) is 0 Å². The van der Waals surface area contributed by atoms with Crippen LogP contribution in [-0.2, 0) is 17.6 Å². The van der Waals surface area contributed by atoms with Gasteiger partial charge in [0.25, 0.3) is 0 Å². The highest BCUT2D eigenvalue weighted by Crippen LogP contribution is 2.34. The van der Waals surface area contributed by atoms with Gasteiger partial charge in [0.2, 0.25) is 0 Å². The van der Waals surface area contributed by atoms with E-state index < -0.39 is 5.82 Å². The minimum Gasteiger partial charge on any atom is -0.303 e. The number of carbonyl (C=O) groups is 1. The Bertz CT molecular complexity index is 945. The van der Waals surface area contributed by atoms with Gasteiger partial charge in [0, 0.05) is 6.42 Å². The number of hydrogen-bond acceptors (Lipinski definition) is 1. The maximum absolute atomic E-state index is 14.6. The maximum Gasteiger partial charge on any atom is 0.139 e. The van der Waals surface area contributed by atoms with Gasteiger partial charge in [0.05, 0.1) is 11.1 Å². The number of benzene rings is 2. The summed E-state index contributed by atoms with van der Waals surface area (Å²) in [6.45, 7) is 2.26. The Morgan fingerprint density at radius 1 is 0.844 bits per heavy atom. The van der Waals surface area contributed by atoms with Crippen molar-refractivity contribution >= 4 is 6.29 Å². The van der Waals surface area contributed by atoms with Crippen LogP contribution in [-0.4, -0.2) is 6.29 Å². The first-order chi connectivity index (χ1) is 15.6. The second-order valence-electron chi connectivity index (χ2n) is 9.15. The molecule has 2 aromatic rings. The summed E-state index contributed by atoms with van der Waals surface area (Å²) in [6, 6.07) is 9.97. The van der Waals surface area contributed by atoms with E-state index in [-0.39, 0.29) is 16.9 Å². The first-order valence-electron chi connectivity index (χ1n) is 12.1. The molecular weight excluding hydrogens is 402 g/mol. The third-order valence-corrected chi connectivity index (χ3v) is 6.72. The predicted molar refractivity (Wildman–Crippen MR) is 126 cm³/mol. The van der Waals surface area contributed by atoms with E-state index in [0.717, 1.165) is 42.1 Å². The van der Waals surface area contributed by atoms with Crippen molar-refractivity contribution in [1.82, 2.24) is 0 Å². The highest BCUT2D eigenvalue weighted by atomic mass is 19.1. The van der Waals surface area contributed by atoms with Crippen molar-refractivity contribution < 1.29 is 13.6 Å². The normalized spacial score (nSPS) is 18.1. The van der Waals surface area contributed by atoms with Crippen molar-refractivity contribution in [3.63, 3.8) is 0 Å². The van der Waals surface area contributed by atoms with Gasteiger partial charge in [-0.2, -0.15) is 0 Å². The molecule has 1 aliphatic rings. The van der Waals surface area contributed by atoms with Crippen molar-refractivity contribution in [2.24, 2.45) is 11.8 Å². The van der Waals surface area contributed by atoms with Crippen LogP contribution in [0, 0.1) is 35.3 Å². The summed E-state index contributed by atoms with van der Waals surface area (Å²) >= 11 is 0. The first kappa shape index (κ1) is 24.2. The molecule has 1 saturated carbocycles. The van der Waals surface area contributed by atoms with E-state index in [9.17, 15) is 13.6 Å². The van der Waals surface area contributed by atoms with Gasteiger partial charge in [-0.1, -0.05) is 75.8 Å². The molecule has 0 aliphatic heterocycles. The molecular formula is C29H34F2O. The number of rotatable bonds is 9. The number of carbonyl (C=O) groups excluding carboxylic acids is 1.